The number of nitrogens with two attached hydrogens (primary N) is 1. The Morgan fingerprint density at radius 2 is 2.11 bits per heavy atom. The van der Waals surface area contributed by atoms with Crippen molar-refractivity contribution in [1.29, 1.82) is 0 Å². The maximum atomic E-state index is 11.4. The minimum absolute atomic E-state index is 0.0876. The van der Waals surface area contributed by atoms with E-state index in [-0.39, 0.29) is 13.2 Å². The normalized spacial score (nSPS) is 11.3. The molecule has 9 heavy (non-hydrogen) atoms. The van der Waals surface area contributed by atoms with Gasteiger partial charge in [-0.3, -0.25) is 5.84 Å². The summed E-state index contributed by atoms with van der Waals surface area (Å²) in [6.07, 6.45) is -2.43. The number of alkyl halides is 2. The van der Waals surface area contributed by atoms with E-state index in [4.69, 9.17) is 10.9 Å². The quantitative estimate of drug-likeness (QED) is 0.405. The van der Waals surface area contributed by atoms with Gasteiger partial charge in [0.15, 0.2) is 0 Å². The van der Waals surface area contributed by atoms with Crippen LogP contribution in [0.1, 0.15) is 0 Å². The first-order chi connectivity index (χ1) is 4.16. The summed E-state index contributed by atoms with van der Waals surface area (Å²) in [5.74, 6) is 4.98. The molecular weight excluding hydrogens is 130 g/mol. The van der Waals surface area contributed by atoms with Crippen LogP contribution in [0, 0.1) is 0 Å². The Morgan fingerprint density at radius 3 is 2.44 bits per heavy atom. The van der Waals surface area contributed by atoms with Crippen LogP contribution in [0.3, 0.4) is 0 Å². The van der Waals surface area contributed by atoms with Crippen LogP contribution in [0.15, 0.2) is 0 Å². The highest BCUT2D eigenvalue weighted by molar-refractivity contribution is 4.47. The molecule has 0 aliphatic carbocycles. The van der Waals surface area contributed by atoms with E-state index < -0.39 is 13.0 Å². The van der Waals surface area contributed by atoms with Gasteiger partial charge in [-0.25, -0.2) is 13.8 Å². The number of hydrogen-bond donors (Lipinski definition) is 2. The molecule has 0 amide bonds. The minimum atomic E-state index is -2.43. The average Bonchev–Trinajstić information content (AvgIpc) is 1.63. The zero-order chi connectivity index (χ0) is 7.28. The Kier molecular flexibility index (Phi) is 4.47. The van der Waals surface area contributed by atoms with E-state index in [0.29, 0.717) is 0 Å². The molecule has 0 spiro atoms. The SMILES string of the molecule is NN(CCO)CC(F)F. The Labute approximate surface area is 52.0 Å². The van der Waals surface area contributed by atoms with Crippen molar-refractivity contribution in [3.05, 3.63) is 0 Å². The number of halogens is 2. The van der Waals surface area contributed by atoms with Gasteiger partial charge in [0.05, 0.1) is 13.2 Å². The second kappa shape index (κ2) is 4.60. The molecule has 0 aromatic heterocycles. The molecule has 0 unspecified atom stereocenters. The maximum absolute atomic E-state index is 11.4. The molecule has 0 aliphatic heterocycles. The first-order valence-corrected chi connectivity index (χ1v) is 2.55. The topological polar surface area (TPSA) is 49.5 Å². The zero-order valence-corrected chi connectivity index (χ0v) is 4.93. The highest BCUT2D eigenvalue weighted by Crippen LogP contribution is 1.91. The van der Waals surface area contributed by atoms with Crippen LogP contribution in [-0.4, -0.2) is 36.2 Å². The van der Waals surface area contributed by atoms with Crippen LogP contribution in [0.4, 0.5) is 8.78 Å². The van der Waals surface area contributed by atoms with Gasteiger partial charge in [0, 0.05) is 6.54 Å². The first kappa shape index (κ1) is 8.74. The molecule has 0 aliphatic rings. The van der Waals surface area contributed by atoms with Gasteiger partial charge in [-0.15, -0.1) is 0 Å². The third-order valence-corrected chi connectivity index (χ3v) is 0.760. The second-order valence-electron chi connectivity index (χ2n) is 1.61. The lowest BCUT2D eigenvalue weighted by atomic mass is 10.6. The number of hydrazine groups is 1. The monoisotopic (exact) mass is 140 g/mol. The van der Waals surface area contributed by atoms with E-state index in [1.165, 1.54) is 0 Å². The van der Waals surface area contributed by atoms with E-state index in [2.05, 4.69) is 0 Å². The standard InChI is InChI=1S/C4H10F2N2O/c5-4(6)3-8(7)1-2-9/h4,9H,1-3,7H2. The molecule has 0 saturated heterocycles. The molecule has 0 aromatic carbocycles. The molecule has 0 atom stereocenters. The zero-order valence-electron chi connectivity index (χ0n) is 4.93. The molecule has 5 heteroatoms. The van der Waals surface area contributed by atoms with Crippen LogP contribution >= 0.6 is 0 Å². The van der Waals surface area contributed by atoms with Crippen molar-refractivity contribution >= 4 is 0 Å². The van der Waals surface area contributed by atoms with Crippen molar-refractivity contribution in [2.45, 2.75) is 6.43 Å². The van der Waals surface area contributed by atoms with Gasteiger partial charge >= 0.3 is 0 Å². The Balaban J connectivity index is 3.15. The van der Waals surface area contributed by atoms with E-state index in [1.54, 1.807) is 0 Å². The second-order valence-corrected chi connectivity index (χ2v) is 1.61. The van der Waals surface area contributed by atoms with Crippen molar-refractivity contribution in [2.24, 2.45) is 5.84 Å². The van der Waals surface area contributed by atoms with Crippen molar-refractivity contribution in [2.75, 3.05) is 19.7 Å². The average molecular weight is 140 g/mol. The molecular formula is C4H10F2N2O. The van der Waals surface area contributed by atoms with Crippen LogP contribution in [0.2, 0.25) is 0 Å². The van der Waals surface area contributed by atoms with E-state index in [9.17, 15) is 8.78 Å². The maximum Gasteiger partial charge on any atom is 0.252 e. The molecule has 3 nitrogen and oxygen atoms in total. The lowest BCUT2D eigenvalue weighted by Gasteiger charge is -2.12. The Hall–Kier alpha value is -0.260. The molecule has 56 valence electrons. The third-order valence-electron chi connectivity index (χ3n) is 0.760. The lowest BCUT2D eigenvalue weighted by molar-refractivity contribution is 0.0787. The van der Waals surface area contributed by atoms with Gasteiger partial charge in [0.2, 0.25) is 0 Å². The van der Waals surface area contributed by atoms with Crippen molar-refractivity contribution in [3.63, 3.8) is 0 Å². The van der Waals surface area contributed by atoms with Crippen molar-refractivity contribution in [3.8, 4) is 0 Å². The summed E-state index contributed by atoms with van der Waals surface area (Å²) in [6, 6.07) is 0. The van der Waals surface area contributed by atoms with Gasteiger partial charge < -0.3 is 5.11 Å². The molecule has 0 fully saturated rings. The van der Waals surface area contributed by atoms with Gasteiger partial charge in [-0.05, 0) is 0 Å². The Bertz CT molecular complexity index is 71.6. The summed E-state index contributed by atoms with van der Waals surface area (Å²) in [4.78, 5) is 0. The highest BCUT2D eigenvalue weighted by Gasteiger charge is 2.05. The van der Waals surface area contributed by atoms with E-state index >= 15 is 0 Å². The molecule has 3 N–H and O–H groups in total. The fraction of sp³-hybridized carbons (Fsp3) is 1.00. The third kappa shape index (κ3) is 5.61. The fourth-order valence-corrected chi connectivity index (χ4v) is 0.397. The molecule has 0 radical (unpaired) electrons. The molecule has 0 bridgehead atoms. The van der Waals surface area contributed by atoms with Crippen LogP contribution in [0.25, 0.3) is 0 Å². The smallest absolute Gasteiger partial charge is 0.252 e. The van der Waals surface area contributed by atoms with E-state index in [0.717, 1.165) is 5.01 Å². The summed E-state index contributed by atoms with van der Waals surface area (Å²) < 4.78 is 22.8. The number of nitrogens with zero attached hydrogens (tertiary/aromatic N) is 1. The number of aliphatic hydroxyl groups is 1. The van der Waals surface area contributed by atoms with E-state index in [1.807, 2.05) is 0 Å². The van der Waals surface area contributed by atoms with Gasteiger partial charge in [0.25, 0.3) is 6.43 Å². The molecule has 0 rings (SSSR count). The number of aliphatic hydroxyl groups excluding tert-OH is 1. The summed E-state index contributed by atoms with van der Waals surface area (Å²) in [7, 11) is 0. The summed E-state index contributed by atoms with van der Waals surface area (Å²) in [5, 5.41) is 9.06. The van der Waals surface area contributed by atoms with Crippen molar-refractivity contribution in [1.82, 2.24) is 5.01 Å². The summed E-state index contributed by atoms with van der Waals surface area (Å²) in [5.41, 5.74) is 0. The van der Waals surface area contributed by atoms with Gasteiger partial charge in [0.1, 0.15) is 0 Å². The number of hydrogen-bond acceptors (Lipinski definition) is 3. The van der Waals surface area contributed by atoms with Crippen molar-refractivity contribution < 1.29 is 13.9 Å². The van der Waals surface area contributed by atoms with Gasteiger partial charge in [-0.2, -0.15) is 0 Å². The number of rotatable bonds is 4. The minimum Gasteiger partial charge on any atom is -0.395 e. The largest absolute Gasteiger partial charge is 0.395 e. The van der Waals surface area contributed by atoms with Crippen LogP contribution in [-0.2, 0) is 0 Å². The molecule has 0 aromatic rings. The molecule has 0 heterocycles. The fourth-order valence-electron chi connectivity index (χ4n) is 0.397. The van der Waals surface area contributed by atoms with Gasteiger partial charge in [-0.1, -0.05) is 0 Å². The molecule has 0 saturated carbocycles. The predicted octanol–water partition coefficient (Wildman–Crippen LogP) is -0.581. The summed E-state index contributed by atoms with van der Waals surface area (Å²) >= 11 is 0. The Morgan fingerprint density at radius 1 is 1.56 bits per heavy atom. The van der Waals surface area contributed by atoms with Crippen LogP contribution < -0.4 is 5.84 Å². The summed E-state index contributed by atoms with van der Waals surface area (Å²) in [6.45, 7) is -0.589. The highest BCUT2D eigenvalue weighted by atomic mass is 19.3. The predicted molar refractivity (Wildman–Crippen MR) is 28.9 cm³/mol. The van der Waals surface area contributed by atoms with Crippen LogP contribution in [0.5, 0.6) is 0 Å². The first-order valence-electron chi connectivity index (χ1n) is 2.55. The lowest BCUT2D eigenvalue weighted by Crippen LogP contribution is -2.37.